The standard InChI is InChI=1S/C21H21P/c1-2-18-22(19-12-6-3-7-13-19,20-14-8-4-9-15-20)21-16-10-5-11-17-21/h2-18,22H,1H3/b18-2+. The van der Waals surface area contributed by atoms with Gasteiger partial charge < -0.3 is 0 Å². The van der Waals surface area contributed by atoms with Crippen molar-refractivity contribution >= 4 is 23.2 Å². The fourth-order valence-corrected chi connectivity index (χ4v) is 7.37. The van der Waals surface area contributed by atoms with Crippen LogP contribution in [0.25, 0.3) is 0 Å². The monoisotopic (exact) mass is 304 g/mol. The fourth-order valence-electron chi connectivity index (χ4n) is 3.14. The Labute approximate surface area is 133 Å². The van der Waals surface area contributed by atoms with Crippen LogP contribution in [0.1, 0.15) is 6.92 Å². The molecule has 0 aromatic heterocycles. The molecule has 0 radical (unpaired) electrons. The van der Waals surface area contributed by atoms with Crippen LogP contribution in [-0.2, 0) is 0 Å². The van der Waals surface area contributed by atoms with Crippen LogP contribution in [0.2, 0.25) is 0 Å². The van der Waals surface area contributed by atoms with Crippen LogP contribution < -0.4 is 15.9 Å². The second kappa shape index (κ2) is 6.73. The molecule has 0 fully saturated rings. The molecule has 0 N–H and O–H groups in total. The first-order valence-corrected chi connectivity index (χ1v) is 9.76. The van der Waals surface area contributed by atoms with Crippen molar-refractivity contribution in [3.8, 4) is 0 Å². The molecule has 110 valence electrons. The molecule has 0 aliphatic carbocycles. The van der Waals surface area contributed by atoms with Gasteiger partial charge in [0.15, 0.2) is 0 Å². The van der Waals surface area contributed by atoms with E-state index in [0.29, 0.717) is 0 Å². The van der Waals surface area contributed by atoms with Crippen LogP contribution in [-0.4, -0.2) is 0 Å². The Hall–Kier alpha value is -2.17. The van der Waals surface area contributed by atoms with Crippen LogP contribution >= 0.6 is 7.26 Å². The summed E-state index contributed by atoms with van der Waals surface area (Å²) in [5.74, 6) is 2.44. The van der Waals surface area contributed by atoms with Crippen molar-refractivity contribution in [3.63, 3.8) is 0 Å². The summed E-state index contributed by atoms with van der Waals surface area (Å²) < 4.78 is 0. The van der Waals surface area contributed by atoms with Crippen molar-refractivity contribution in [3.05, 3.63) is 103 Å². The van der Waals surface area contributed by atoms with Crippen LogP contribution in [0.5, 0.6) is 0 Å². The molecule has 0 amide bonds. The molecule has 0 saturated carbocycles. The second-order valence-electron chi connectivity index (χ2n) is 5.41. The topological polar surface area (TPSA) is 0 Å². The molecule has 0 atom stereocenters. The summed E-state index contributed by atoms with van der Waals surface area (Å²) in [7, 11) is -2.10. The van der Waals surface area contributed by atoms with Gasteiger partial charge in [-0.2, -0.15) is 0 Å². The Morgan fingerprint density at radius 2 is 0.864 bits per heavy atom. The molecule has 3 aromatic rings. The van der Waals surface area contributed by atoms with E-state index in [-0.39, 0.29) is 0 Å². The Bertz CT molecular complexity index is 634. The van der Waals surface area contributed by atoms with Gasteiger partial charge in [-0.25, -0.2) is 0 Å². The number of hydrogen-bond donors (Lipinski definition) is 0. The van der Waals surface area contributed by atoms with E-state index >= 15 is 0 Å². The quantitative estimate of drug-likeness (QED) is 0.632. The van der Waals surface area contributed by atoms with Gasteiger partial charge in [-0.05, 0) is 0 Å². The zero-order chi connectivity index (χ0) is 15.3. The molecule has 0 heterocycles. The fraction of sp³-hybridized carbons (Fsp3) is 0.0476. The van der Waals surface area contributed by atoms with Crippen molar-refractivity contribution in [2.75, 3.05) is 0 Å². The van der Waals surface area contributed by atoms with E-state index in [9.17, 15) is 0 Å². The van der Waals surface area contributed by atoms with Gasteiger partial charge in [0.25, 0.3) is 0 Å². The van der Waals surface area contributed by atoms with Crippen molar-refractivity contribution in [2.45, 2.75) is 6.92 Å². The average molecular weight is 304 g/mol. The van der Waals surface area contributed by atoms with Gasteiger partial charge in [0.05, 0.1) is 0 Å². The summed E-state index contributed by atoms with van der Waals surface area (Å²) in [6.45, 7) is 2.12. The maximum atomic E-state index is 2.44. The molecule has 22 heavy (non-hydrogen) atoms. The second-order valence-corrected chi connectivity index (χ2v) is 9.09. The summed E-state index contributed by atoms with van der Waals surface area (Å²) >= 11 is 0. The third kappa shape index (κ3) is 2.63. The number of rotatable bonds is 4. The molecule has 0 unspecified atom stereocenters. The number of benzene rings is 3. The first-order chi connectivity index (χ1) is 10.9. The molecule has 1 heteroatoms. The minimum absolute atomic E-state index is 1.42. The van der Waals surface area contributed by atoms with Crippen molar-refractivity contribution in [1.29, 1.82) is 0 Å². The van der Waals surface area contributed by atoms with Gasteiger partial charge in [0.1, 0.15) is 0 Å². The summed E-state index contributed by atoms with van der Waals surface area (Å²) in [5, 5.41) is 4.27. The Morgan fingerprint density at radius 3 is 1.14 bits per heavy atom. The van der Waals surface area contributed by atoms with Gasteiger partial charge in [-0.15, -0.1) is 0 Å². The summed E-state index contributed by atoms with van der Waals surface area (Å²) in [5.41, 5.74) is 0. The molecule has 0 saturated heterocycles. The predicted molar refractivity (Wildman–Crippen MR) is 101 cm³/mol. The van der Waals surface area contributed by atoms with Crippen molar-refractivity contribution in [1.82, 2.24) is 0 Å². The van der Waals surface area contributed by atoms with Gasteiger partial charge in [0.2, 0.25) is 0 Å². The van der Waals surface area contributed by atoms with Crippen LogP contribution in [0.4, 0.5) is 0 Å². The predicted octanol–water partition coefficient (Wildman–Crippen LogP) is 4.25. The third-order valence-electron chi connectivity index (χ3n) is 4.10. The van der Waals surface area contributed by atoms with Crippen LogP contribution in [0.3, 0.4) is 0 Å². The summed E-state index contributed by atoms with van der Waals surface area (Å²) in [6.07, 6.45) is 2.21. The Balaban J connectivity index is 2.34. The molecule has 0 bridgehead atoms. The van der Waals surface area contributed by atoms with E-state index in [1.54, 1.807) is 0 Å². The number of hydrogen-bond acceptors (Lipinski definition) is 0. The van der Waals surface area contributed by atoms with Crippen molar-refractivity contribution < 1.29 is 0 Å². The molecule has 3 aromatic carbocycles. The molecule has 0 aliphatic heterocycles. The van der Waals surface area contributed by atoms with Gasteiger partial charge >= 0.3 is 133 Å². The third-order valence-corrected chi connectivity index (χ3v) is 8.67. The molecule has 0 spiro atoms. The Kier molecular flexibility index (Phi) is 4.51. The zero-order valence-electron chi connectivity index (χ0n) is 12.8. The first kappa shape index (κ1) is 14.8. The van der Waals surface area contributed by atoms with Crippen LogP contribution in [0, 0.1) is 0 Å². The van der Waals surface area contributed by atoms with Gasteiger partial charge in [-0.3, -0.25) is 0 Å². The van der Waals surface area contributed by atoms with E-state index in [1.165, 1.54) is 15.9 Å². The van der Waals surface area contributed by atoms with Crippen molar-refractivity contribution in [2.24, 2.45) is 0 Å². The molecular formula is C21H21P. The van der Waals surface area contributed by atoms with E-state index in [2.05, 4.69) is 110 Å². The van der Waals surface area contributed by atoms with Crippen LogP contribution in [0.15, 0.2) is 103 Å². The zero-order valence-corrected chi connectivity index (χ0v) is 13.8. The summed E-state index contributed by atoms with van der Waals surface area (Å²) in [6, 6.07) is 32.8. The minimum atomic E-state index is -2.10. The summed E-state index contributed by atoms with van der Waals surface area (Å²) in [4.78, 5) is 0. The molecular weight excluding hydrogens is 283 g/mol. The molecule has 0 aliphatic rings. The van der Waals surface area contributed by atoms with E-state index < -0.39 is 7.26 Å². The molecule has 3 rings (SSSR count). The van der Waals surface area contributed by atoms with Gasteiger partial charge in [0, 0.05) is 0 Å². The van der Waals surface area contributed by atoms with Gasteiger partial charge in [-0.1, -0.05) is 0 Å². The normalized spacial score (nSPS) is 12.4. The average Bonchev–Trinajstić information content (AvgIpc) is 2.62. The molecule has 0 nitrogen and oxygen atoms in total. The maximum absolute atomic E-state index is 2.44. The number of allylic oxidation sites excluding steroid dienone is 1. The van der Waals surface area contributed by atoms with E-state index in [1.807, 2.05) is 0 Å². The van der Waals surface area contributed by atoms with E-state index in [0.717, 1.165) is 0 Å². The first-order valence-electron chi connectivity index (χ1n) is 7.68. The SMILES string of the molecule is C/C=C/[PH](c1ccccc1)(c1ccccc1)c1ccccc1. The van der Waals surface area contributed by atoms with E-state index in [4.69, 9.17) is 0 Å². The Morgan fingerprint density at radius 1 is 0.545 bits per heavy atom.